The molecule has 0 atom stereocenters. The zero-order chi connectivity index (χ0) is 19.4. The van der Waals surface area contributed by atoms with Gasteiger partial charge in [0.2, 0.25) is 5.91 Å². The van der Waals surface area contributed by atoms with Crippen LogP contribution in [0, 0.1) is 20.8 Å². The van der Waals surface area contributed by atoms with Gasteiger partial charge in [0.05, 0.1) is 11.4 Å². The summed E-state index contributed by atoms with van der Waals surface area (Å²) >= 11 is 1.52. The second kappa shape index (κ2) is 8.67. The summed E-state index contributed by atoms with van der Waals surface area (Å²) in [5, 5.41) is 6.11. The molecule has 6 heteroatoms. The lowest BCUT2D eigenvalue weighted by Crippen LogP contribution is -2.46. The van der Waals surface area contributed by atoms with Crippen molar-refractivity contribution in [1.29, 1.82) is 0 Å². The smallest absolute Gasteiger partial charge is 0.261 e. The van der Waals surface area contributed by atoms with Crippen molar-refractivity contribution < 1.29 is 9.59 Å². The number of benzene rings is 1. The maximum absolute atomic E-state index is 12.3. The first kappa shape index (κ1) is 19.6. The minimum Gasteiger partial charge on any atom is -0.349 e. The molecule has 5 nitrogen and oxygen atoms in total. The van der Waals surface area contributed by atoms with Crippen LogP contribution in [-0.4, -0.2) is 42.4 Å². The lowest BCUT2D eigenvalue weighted by atomic mass is 10.0. The molecule has 1 aromatic carbocycles. The Morgan fingerprint density at radius 3 is 2.33 bits per heavy atom. The molecule has 0 saturated carbocycles. The highest BCUT2D eigenvalue weighted by atomic mass is 32.1. The normalized spacial score (nSPS) is 15.5. The maximum Gasteiger partial charge on any atom is 0.261 e. The number of carbonyl (C=O) groups excluding carboxylic acids is 2. The number of carbonyl (C=O) groups is 2. The summed E-state index contributed by atoms with van der Waals surface area (Å²) in [5.41, 5.74) is 3.14. The molecular weight excluding hydrogens is 358 g/mol. The van der Waals surface area contributed by atoms with Crippen LogP contribution >= 0.6 is 11.3 Å². The number of anilines is 1. The molecule has 1 fully saturated rings. The molecule has 1 saturated heterocycles. The summed E-state index contributed by atoms with van der Waals surface area (Å²) in [6.45, 7) is 8.07. The summed E-state index contributed by atoms with van der Waals surface area (Å²) in [4.78, 5) is 28.7. The summed E-state index contributed by atoms with van der Waals surface area (Å²) < 4.78 is 0. The van der Waals surface area contributed by atoms with E-state index in [0.717, 1.165) is 52.5 Å². The Labute approximate surface area is 164 Å². The molecule has 2 aromatic rings. The third-order valence-corrected chi connectivity index (χ3v) is 5.76. The van der Waals surface area contributed by atoms with E-state index in [-0.39, 0.29) is 17.9 Å². The Morgan fingerprint density at radius 1 is 1.07 bits per heavy atom. The molecule has 0 spiro atoms. The van der Waals surface area contributed by atoms with Crippen molar-refractivity contribution in [3.8, 4) is 0 Å². The summed E-state index contributed by atoms with van der Waals surface area (Å²) in [7, 11) is 0. The van der Waals surface area contributed by atoms with Gasteiger partial charge >= 0.3 is 0 Å². The summed E-state index contributed by atoms with van der Waals surface area (Å²) in [5.74, 6) is 0.0238. The number of nitrogens with one attached hydrogen (secondary N) is 2. The van der Waals surface area contributed by atoms with Crippen LogP contribution in [0.5, 0.6) is 0 Å². The Hall–Kier alpha value is -2.18. The minimum absolute atomic E-state index is 0.0107. The molecule has 1 aliphatic heterocycles. The van der Waals surface area contributed by atoms with Gasteiger partial charge in [0.15, 0.2) is 0 Å². The maximum atomic E-state index is 12.3. The van der Waals surface area contributed by atoms with Gasteiger partial charge in [-0.3, -0.25) is 14.5 Å². The van der Waals surface area contributed by atoms with Crippen LogP contribution in [0.3, 0.4) is 0 Å². The Kier molecular flexibility index (Phi) is 6.29. The second-order valence-electron chi connectivity index (χ2n) is 7.36. The van der Waals surface area contributed by atoms with Gasteiger partial charge in [0.1, 0.15) is 0 Å². The fraction of sp³-hybridized carbons (Fsp3) is 0.429. The molecule has 2 N–H and O–H groups in total. The molecule has 1 aromatic heterocycles. The molecule has 2 heterocycles. The topological polar surface area (TPSA) is 61.4 Å². The monoisotopic (exact) mass is 385 g/mol. The summed E-state index contributed by atoms with van der Waals surface area (Å²) in [6.07, 6.45) is 1.74. The van der Waals surface area contributed by atoms with Crippen molar-refractivity contribution in [2.45, 2.75) is 39.7 Å². The highest BCUT2D eigenvalue weighted by Gasteiger charge is 2.23. The Morgan fingerprint density at radius 2 is 1.74 bits per heavy atom. The number of piperidine rings is 1. The van der Waals surface area contributed by atoms with E-state index in [9.17, 15) is 9.59 Å². The van der Waals surface area contributed by atoms with Crippen molar-refractivity contribution in [2.24, 2.45) is 0 Å². The molecule has 0 bridgehead atoms. The molecule has 1 aliphatic rings. The number of rotatable bonds is 5. The average Bonchev–Trinajstić information content (AvgIpc) is 3.02. The highest BCUT2D eigenvalue weighted by Crippen LogP contribution is 2.17. The van der Waals surface area contributed by atoms with Crippen LogP contribution in [0.15, 0.2) is 30.3 Å². The number of thiophene rings is 1. The molecular formula is C21H27N3O2S. The first-order valence-electron chi connectivity index (χ1n) is 9.37. The fourth-order valence-electron chi connectivity index (χ4n) is 3.50. The van der Waals surface area contributed by atoms with Crippen LogP contribution < -0.4 is 10.6 Å². The van der Waals surface area contributed by atoms with Gasteiger partial charge in [-0.05, 0) is 69.0 Å². The van der Waals surface area contributed by atoms with Crippen molar-refractivity contribution in [3.63, 3.8) is 0 Å². The van der Waals surface area contributed by atoms with Crippen molar-refractivity contribution in [3.05, 3.63) is 51.2 Å². The van der Waals surface area contributed by atoms with E-state index in [1.165, 1.54) is 11.3 Å². The number of nitrogens with zero attached hydrogens (tertiary/aromatic N) is 1. The van der Waals surface area contributed by atoms with E-state index in [4.69, 9.17) is 0 Å². The third-order valence-electron chi connectivity index (χ3n) is 4.76. The lowest BCUT2D eigenvalue weighted by Gasteiger charge is -2.31. The molecule has 0 unspecified atom stereocenters. The van der Waals surface area contributed by atoms with Crippen molar-refractivity contribution >= 4 is 28.8 Å². The molecule has 0 radical (unpaired) electrons. The van der Waals surface area contributed by atoms with Gasteiger partial charge in [-0.25, -0.2) is 0 Å². The predicted octanol–water partition coefficient (Wildman–Crippen LogP) is 3.51. The Balaban J connectivity index is 1.43. The van der Waals surface area contributed by atoms with E-state index < -0.39 is 0 Å². The Bertz CT molecular complexity index is 802. The van der Waals surface area contributed by atoms with E-state index in [2.05, 4.69) is 21.6 Å². The zero-order valence-corrected chi connectivity index (χ0v) is 17.0. The van der Waals surface area contributed by atoms with Crippen LogP contribution in [0.1, 0.15) is 38.5 Å². The van der Waals surface area contributed by atoms with E-state index in [1.54, 1.807) is 0 Å². The molecule has 3 rings (SSSR count). The van der Waals surface area contributed by atoms with Gasteiger partial charge < -0.3 is 10.6 Å². The zero-order valence-electron chi connectivity index (χ0n) is 16.2. The minimum atomic E-state index is 0.0107. The van der Waals surface area contributed by atoms with Crippen molar-refractivity contribution in [2.75, 3.05) is 25.0 Å². The number of likely N-dealkylation sites (tertiary alicyclic amines) is 1. The lowest BCUT2D eigenvalue weighted by molar-refractivity contribution is -0.117. The van der Waals surface area contributed by atoms with Gasteiger partial charge in [0.25, 0.3) is 5.91 Å². The number of amides is 2. The van der Waals surface area contributed by atoms with E-state index in [0.29, 0.717) is 6.54 Å². The molecule has 27 heavy (non-hydrogen) atoms. The van der Waals surface area contributed by atoms with Gasteiger partial charge in [-0.15, -0.1) is 11.3 Å². The van der Waals surface area contributed by atoms with Crippen LogP contribution in [0.2, 0.25) is 0 Å². The fourth-order valence-corrected chi connectivity index (χ4v) is 4.27. The first-order chi connectivity index (χ1) is 12.9. The number of aryl methyl sites for hydroxylation is 3. The van der Waals surface area contributed by atoms with Gasteiger partial charge in [-0.2, -0.15) is 0 Å². The number of hydrogen-bond acceptors (Lipinski definition) is 4. The molecule has 0 aliphatic carbocycles. The predicted molar refractivity (Wildman–Crippen MR) is 111 cm³/mol. The van der Waals surface area contributed by atoms with Gasteiger partial charge in [0, 0.05) is 29.7 Å². The SMILES string of the molecule is Cc1cc(C)cc(NC(=O)CN2CCC(NC(=O)c3ccc(C)s3)CC2)c1. The first-order valence-corrected chi connectivity index (χ1v) is 10.2. The number of hydrogen-bond donors (Lipinski definition) is 2. The second-order valence-corrected chi connectivity index (χ2v) is 8.65. The van der Waals surface area contributed by atoms with Gasteiger partial charge in [-0.1, -0.05) is 6.07 Å². The van der Waals surface area contributed by atoms with Crippen LogP contribution in [0.4, 0.5) is 5.69 Å². The molecule has 144 valence electrons. The van der Waals surface area contributed by atoms with Crippen molar-refractivity contribution in [1.82, 2.24) is 10.2 Å². The van der Waals surface area contributed by atoms with E-state index >= 15 is 0 Å². The largest absolute Gasteiger partial charge is 0.349 e. The summed E-state index contributed by atoms with van der Waals surface area (Å²) in [6, 6.07) is 10.1. The van der Waals surface area contributed by atoms with Crippen LogP contribution in [-0.2, 0) is 4.79 Å². The highest BCUT2D eigenvalue weighted by molar-refractivity contribution is 7.13. The quantitative estimate of drug-likeness (QED) is 0.828. The molecule has 2 amide bonds. The standard InChI is InChI=1S/C21H27N3O2S/c1-14-10-15(2)12-18(11-14)22-20(25)13-24-8-6-17(7-9-24)23-21(26)19-5-4-16(3)27-19/h4-5,10-12,17H,6-9,13H2,1-3H3,(H,22,25)(H,23,26). The average molecular weight is 386 g/mol. The third kappa shape index (κ3) is 5.65. The van der Waals surface area contributed by atoms with E-state index in [1.807, 2.05) is 45.0 Å². The van der Waals surface area contributed by atoms with Crippen LogP contribution in [0.25, 0.3) is 0 Å².